The van der Waals surface area contributed by atoms with E-state index < -0.39 is 5.82 Å². The lowest BCUT2D eigenvalue weighted by Gasteiger charge is -2.17. The van der Waals surface area contributed by atoms with Gasteiger partial charge in [0.1, 0.15) is 11.6 Å². The maximum absolute atomic E-state index is 13.1. The van der Waals surface area contributed by atoms with Crippen molar-refractivity contribution in [1.29, 1.82) is 0 Å². The standard InChI is InChI=1S/C14H12FNO2/c1-16(12-6-3-5-11(15)9-12)14(18)10-4-2-7-13(17)8-10/h2-9,17H,1H3. The van der Waals surface area contributed by atoms with E-state index in [0.717, 1.165) is 0 Å². The molecule has 1 N–H and O–H groups in total. The van der Waals surface area contributed by atoms with Gasteiger partial charge >= 0.3 is 0 Å². The molecule has 3 nitrogen and oxygen atoms in total. The van der Waals surface area contributed by atoms with Gasteiger partial charge in [0, 0.05) is 18.3 Å². The molecule has 0 saturated heterocycles. The number of hydrogen-bond acceptors (Lipinski definition) is 2. The lowest BCUT2D eigenvalue weighted by atomic mass is 10.2. The molecule has 0 radical (unpaired) electrons. The van der Waals surface area contributed by atoms with Gasteiger partial charge in [0.25, 0.3) is 5.91 Å². The number of rotatable bonds is 2. The Bertz CT molecular complexity index is 584. The van der Waals surface area contributed by atoms with Gasteiger partial charge < -0.3 is 10.0 Å². The smallest absolute Gasteiger partial charge is 0.258 e. The fourth-order valence-corrected chi connectivity index (χ4v) is 1.63. The average molecular weight is 245 g/mol. The Kier molecular flexibility index (Phi) is 3.28. The summed E-state index contributed by atoms with van der Waals surface area (Å²) in [5, 5.41) is 9.33. The van der Waals surface area contributed by atoms with Gasteiger partial charge in [-0.05, 0) is 36.4 Å². The van der Waals surface area contributed by atoms with Crippen LogP contribution in [0.15, 0.2) is 48.5 Å². The average Bonchev–Trinajstić information content (AvgIpc) is 2.37. The second kappa shape index (κ2) is 4.87. The van der Waals surface area contributed by atoms with Crippen molar-refractivity contribution in [3.63, 3.8) is 0 Å². The van der Waals surface area contributed by atoms with Crippen LogP contribution in [0.5, 0.6) is 5.75 Å². The fraction of sp³-hybridized carbons (Fsp3) is 0.0714. The Hall–Kier alpha value is -2.36. The van der Waals surface area contributed by atoms with E-state index >= 15 is 0 Å². The van der Waals surface area contributed by atoms with Gasteiger partial charge in [-0.3, -0.25) is 4.79 Å². The maximum Gasteiger partial charge on any atom is 0.258 e. The van der Waals surface area contributed by atoms with E-state index in [2.05, 4.69) is 0 Å². The molecule has 4 heteroatoms. The van der Waals surface area contributed by atoms with Crippen LogP contribution in [-0.4, -0.2) is 18.1 Å². The van der Waals surface area contributed by atoms with Gasteiger partial charge in [-0.1, -0.05) is 12.1 Å². The normalized spacial score (nSPS) is 10.1. The number of nitrogens with zero attached hydrogens (tertiary/aromatic N) is 1. The van der Waals surface area contributed by atoms with Gasteiger partial charge in [0.05, 0.1) is 0 Å². The lowest BCUT2D eigenvalue weighted by molar-refractivity contribution is 0.0992. The summed E-state index contributed by atoms with van der Waals surface area (Å²) < 4.78 is 13.1. The van der Waals surface area contributed by atoms with Crippen molar-refractivity contribution in [2.24, 2.45) is 0 Å². The molecule has 0 aliphatic heterocycles. The summed E-state index contributed by atoms with van der Waals surface area (Å²) in [6.07, 6.45) is 0. The van der Waals surface area contributed by atoms with E-state index in [0.29, 0.717) is 11.3 Å². The molecular weight excluding hydrogens is 233 g/mol. The van der Waals surface area contributed by atoms with Crippen LogP contribution in [0.2, 0.25) is 0 Å². The van der Waals surface area contributed by atoms with Crippen molar-refractivity contribution >= 4 is 11.6 Å². The van der Waals surface area contributed by atoms with Crippen LogP contribution in [0.4, 0.5) is 10.1 Å². The SMILES string of the molecule is CN(C(=O)c1cccc(O)c1)c1cccc(F)c1. The number of halogens is 1. The predicted octanol–water partition coefficient (Wildman–Crippen LogP) is 2.81. The Morgan fingerprint density at radius 1 is 1.17 bits per heavy atom. The van der Waals surface area contributed by atoms with Crippen molar-refractivity contribution in [3.8, 4) is 5.75 Å². The van der Waals surface area contributed by atoms with Crippen molar-refractivity contribution in [3.05, 3.63) is 59.9 Å². The third kappa shape index (κ3) is 2.48. The number of carbonyl (C=O) groups excluding carboxylic acids is 1. The summed E-state index contributed by atoms with van der Waals surface area (Å²) in [6.45, 7) is 0. The first kappa shape index (κ1) is 12.1. The minimum atomic E-state index is -0.400. The van der Waals surface area contributed by atoms with Crippen molar-refractivity contribution in [1.82, 2.24) is 0 Å². The maximum atomic E-state index is 13.1. The first-order valence-corrected chi connectivity index (χ1v) is 5.40. The monoisotopic (exact) mass is 245 g/mol. The zero-order valence-electron chi connectivity index (χ0n) is 9.80. The first-order valence-electron chi connectivity index (χ1n) is 5.40. The van der Waals surface area contributed by atoms with Crippen molar-refractivity contribution < 1.29 is 14.3 Å². The molecule has 2 aromatic carbocycles. The van der Waals surface area contributed by atoms with Crippen molar-refractivity contribution in [2.45, 2.75) is 0 Å². The second-order valence-electron chi connectivity index (χ2n) is 3.89. The molecule has 0 bridgehead atoms. The molecule has 0 fully saturated rings. The van der Waals surface area contributed by atoms with Crippen molar-refractivity contribution in [2.75, 3.05) is 11.9 Å². The minimum absolute atomic E-state index is 0.0218. The van der Waals surface area contributed by atoms with E-state index in [1.807, 2.05) is 0 Å². The summed E-state index contributed by atoms with van der Waals surface area (Å²) in [6, 6.07) is 11.8. The van der Waals surface area contributed by atoms with E-state index in [-0.39, 0.29) is 11.7 Å². The summed E-state index contributed by atoms with van der Waals surface area (Å²) in [5.41, 5.74) is 0.810. The number of phenols is 1. The van der Waals surface area contributed by atoms with Crippen LogP contribution >= 0.6 is 0 Å². The van der Waals surface area contributed by atoms with Crippen LogP contribution in [0.25, 0.3) is 0 Å². The molecule has 2 rings (SSSR count). The molecule has 0 spiro atoms. The molecule has 92 valence electrons. The highest BCUT2D eigenvalue weighted by Crippen LogP contribution is 2.18. The summed E-state index contributed by atoms with van der Waals surface area (Å²) in [7, 11) is 1.56. The lowest BCUT2D eigenvalue weighted by Crippen LogP contribution is -2.26. The number of hydrogen-bond donors (Lipinski definition) is 1. The predicted molar refractivity (Wildman–Crippen MR) is 67.2 cm³/mol. The van der Waals surface area contributed by atoms with Crippen LogP contribution in [0, 0.1) is 5.82 Å². The fourth-order valence-electron chi connectivity index (χ4n) is 1.63. The quantitative estimate of drug-likeness (QED) is 0.883. The molecule has 1 amide bonds. The zero-order valence-corrected chi connectivity index (χ0v) is 9.80. The van der Waals surface area contributed by atoms with Gasteiger partial charge in [-0.25, -0.2) is 4.39 Å². The molecule has 2 aromatic rings. The van der Waals surface area contributed by atoms with E-state index in [9.17, 15) is 14.3 Å². The van der Waals surface area contributed by atoms with E-state index in [4.69, 9.17) is 0 Å². The molecule has 18 heavy (non-hydrogen) atoms. The second-order valence-corrected chi connectivity index (χ2v) is 3.89. The van der Waals surface area contributed by atoms with Crippen LogP contribution < -0.4 is 4.90 Å². The molecule has 0 unspecified atom stereocenters. The van der Waals surface area contributed by atoms with Crippen LogP contribution in [0.3, 0.4) is 0 Å². The number of benzene rings is 2. The summed E-state index contributed by atoms with van der Waals surface area (Å²) in [4.78, 5) is 13.4. The Balaban J connectivity index is 2.29. The molecule has 0 atom stereocenters. The molecule has 0 aromatic heterocycles. The number of aromatic hydroxyl groups is 1. The Morgan fingerprint density at radius 2 is 1.89 bits per heavy atom. The van der Waals surface area contributed by atoms with E-state index in [1.165, 1.54) is 35.2 Å². The molecule has 0 aliphatic carbocycles. The summed E-state index contributed by atoms with van der Waals surface area (Å²) >= 11 is 0. The van der Waals surface area contributed by atoms with Gasteiger partial charge in [-0.2, -0.15) is 0 Å². The zero-order chi connectivity index (χ0) is 13.1. The number of phenolic OH excluding ortho intramolecular Hbond substituents is 1. The Morgan fingerprint density at radius 3 is 2.56 bits per heavy atom. The number of anilines is 1. The number of amides is 1. The van der Waals surface area contributed by atoms with Gasteiger partial charge in [0.15, 0.2) is 0 Å². The minimum Gasteiger partial charge on any atom is -0.508 e. The Labute approximate surface area is 104 Å². The van der Waals surface area contributed by atoms with E-state index in [1.54, 1.807) is 25.2 Å². The third-order valence-corrected chi connectivity index (χ3v) is 2.59. The van der Waals surface area contributed by atoms with Gasteiger partial charge in [0.2, 0.25) is 0 Å². The topological polar surface area (TPSA) is 40.5 Å². The molecule has 0 heterocycles. The molecule has 0 aliphatic rings. The highest BCUT2D eigenvalue weighted by atomic mass is 19.1. The largest absolute Gasteiger partial charge is 0.508 e. The van der Waals surface area contributed by atoms with Gasteiger partial charge in [-0.15, -0.1) is 0 Å². The molecular formula is C14H12FNO2. The highest BCUT2D eigenvalue weighted by molar-refractivity contribution is 6.05. The van der Waals surface area contributed by atoms with Crippen LogP contribution in [-0.2, 0) is 0 Å². The number of carbonyl (C=O) groups is 1. The third-order valence-electron chi connectivity index (χ3n) is 2.59. The van der Waals surface area contributed by atoms with Crippen LogP contribution in [0.1, 0.15) is 10.4 Å². The first-order chi connectivity index (χ1) is 8.58. The molecule has 0 saturated carbocycles. The highest BCUT2D eigenvalue weighted by Gasteiger charge is 2.14. The summed E-state index contributed by atoms with van der Waals surface area (Å²) in [5.74, 6) is -0.687.